The summed E-state index contributed by atoms with van der Waals surface area (Å²) in [7, 11) is 0. The Bertz CT molecular complexity index is 528. The van der Waals surface area contributed by atoms with Crippen molar-refractivity contribution in [2.24, 2.45) is 0 Å². The molecule has 0 spiro atoms. The minimum Gasteiger partial charge on any atom is -0.457 e. The third-order valence-electron chi connectivity index (χ3n) is 2.46. The van der Waals surface area contributed by atoms with Crippen LogP contribution in [0.3, 0.4) is 0 Å². The SMILES string of the molecule is CSc1ccc(Oc2cc(Cl)ccc2CBr)cc1. The molecule has 0 radical (unpaired) electrons. The van der Waals surface area contributed by atoms with Gasteiger partial charge in [-0.15, -0.1) is 11.8 Å². The largest absolute Gasteiger partial charge is 0.457 e. The van der Waals surface area contributed by atoms with Crippen LogP contribution in [-0.2, 0) is 5.33 Å². The predicted octanol–water partition coefficient (Wildman–Crippen LogP) is 5.75. The van der Waals surface area contributed by atoms with Gasteiger partial charge in [-0.3, -0.25) is 0 Å². The summed E-state index contributed by atoms with van der Waals surface area (Å²) < 4.78 is 5.86. The van der Waals surface area contributed by atoms with Gasteiger partial charge in [0.15, 0.2) is 0 Å². The molecule has 0 aliphatic heterocycles. The molecular weight excluding hydrogens is 332 g/mol. The van der Waals surface area contributed by atoms with Gasteiger partial charge in [0.25, 0.3) is 0 Å². The summed E-state index contributed by atoms with van der Waals surface area (Å²) in [6.45, 7) is 0. The van der Waals surface area contributed by atoms with Gasteiger partial charge in [0, 0.05) is 20.8 Å². The van der Waals surface area contributed by atoms with Gasteiger partial charge in [-0.25, -0.2) is 0 Å². The third-order valence-corrected chi connectivity index (χ3v) is 4.04. The van der Waals surface area contributed by atoms with Crippen LogP contribution < -0.4 is 4.74 Å². The second kappa shape index (κ2) is 6.50. The maximum atomic E-state index is 5.99. The highest BCUT2D eigenvalue weighted by molar-refractivity contribution is 9.08. The molecule has 1 nitrogen and oxygen atoms in total. The fraction of sp³-hybridized carbons (Fsp3) is 0.143. The van der Waals surface area contributed by atoms with Crippen LogP contribution in [-0.4, -0.2) is 6.26 Å². The standard InChI is InChI=1S/C14H12BrClOS/c1-18-13-6-4-12(5-7-13)17-14-8-11(16)3-2-10(14)9-15/h2-8H,9H2,1H3. The molecule has 0 amide bonds. The zero-order valence-corrected chi connectivity index (χ0v) is 13.0. The van der Waals surface area contributed by atoms with E-state index >= 15 is 0 Å². The van der Waals surface area contributed by atoms with Crippen molar-refractivity contribution < 1.29 is 4.74 Å². The molecule has 2 rings (SSSR count). The highest BCUT2D eigenvalue weighted by Crippen LogP contribution is 2.30. The molecule has 0 N–H and O–H groups in total. The van der Waals surface area contributed by atoms with E-state index in [0.717, 1.165) is 22.4 Å². The zero-order chi connectivity index (χ0) is 13.0. The molecule has 94 valence electrons. The molecule has 2 aromatic carbocycles. The number of hydrogen-bond acceptors (Lipinski definition) is 2. The second-order valence-corrected chi connectivity index (χ2v) is 5.54. The first-order valence-corrected chi connectivity index (χ1v) is 8.11. The fourth-order valence-corrected chi connectivity index (χ4v) is 2.54. The fourth-order valence-electron chi connectivity index (χ4n) is 1.50. The van der Waals surface area contributed by atoms with Crippen molar-refractivity contribution >= 4 is 39.3 Å². The lowest BCUT2D eigenvalue weighted by molar-refractivity contribution is 0.478. The first-order valence-electron chi connectivity index (χ1n) is 5.39. The Hall–Kier alpha value is -0.640. The molecule has 0 aliphatic carbocycles. The number of hydrogen-bond donors (Lipinski definition) is 0. The quantitative estimate of drug-likeness (QED) is 0.516. The molecule has 0 aliphatic rings. The topological polar surface area (TPSA) is 9.23 Å². The van der Waals surface area contributed by atoms with E-state index in [1.165, 1.54) is 4.90 Å². The molecule has 0 heterocycles. The molecule has 0 fully saturated rings. The van der Waals surface area contributed by atoms with Gasteiger partial charge in [-0.05, 0) is 42.7 Å². The summed E-state index contributed by atoms with van der Waals surface area (Å²) in [5.41, 5.74) is 1.08. The number of rotatable bonds is 4. The van der Waals surface area contributed by atoms with Crippen molar-refractivity contribution in [2.45, 2.75) is 10.2 Å². The van der Waals surface area contributed by atoms with E-state index in [1.54, 1.807) is 11.8 Å². The summed E-state index contributed by atoms with van der Waals surface area (Å²) in [5, 5.41) is 1.41. The summed E-state index contributed by atoms with van der Waals surface area (Å²) in [4.78, 5) is 1.22. The van der Waals surface area contributed by atoms with Gasteiger partial charge < -0.3 is 4.74 Å². The van der Waals surface area contributed by atoms with E-state index in [4.69, 9.17) is 16.3 Å². The maximum Gasteiger partial charge on any atom is 0.132 e. The highest BCUT2D eigenvalue weighted by atomic mass is 79.9. The number of alkyl halides is 1. The van der Waals surface area contributed by atoms with Gasteiger partial charge in [0.2, 0.25) is 0 Å². The summed E-state index contributed by atoms with van der Waals surface area (Å²) in [6, 6.07) is 13.7. The molecule has 4 heteroatoms. The molecule has 2 aromatic rings. The lowest BCUT2D eigenvalue weighted by Crippen LogP contribution is -1.89. The summed E-state index contributed by atoms with van der Waals surface area (Å²) in [6.07, 6.45) is 2.05. The molecular formula is C14H12BrClOS. The first kappa shape index (κ1) is 13.8. The Morgan fingerprint density at radius 3 is 2.50 bits per heavy atom. The molecule has 0 aromatic heterocycles. The average Bonchev–Trinajstić information content (AvgIpc) is 2.40. The van der Waals surface area contributed by atoms with E-state index in [1.807, 2.05) is 42.5 Å². The van der Waals surface area contributed by atoms with E-state index < -0.39 is 0 Å². The Kier molecular flexibility index (Phi) is 4.98. The third kappa shape index (κ3) is 3.44. The minimum absolute atomic E-state index is 0.676. The first-order chi connectivity index (χ1) is 8.72. The average molecular weight is 344 g/mol. The lowest BCUT2D eigenvalue weighted by Gasteiger charge is -2.10. The molecule has 18 heavy (non-hydrogen) atoms. The number of ether oxygens (including phenoxy) is 1. The number of thioether (sulfide) groups is 1. The Balaban J connectivity index is 2.24. The monoisotopic (exact) mass is 342 g/mol. The van der Waals surface area contributed by atoms with Crippen LogP contribution in [0.2, 0.25) is 5.02 Å². The maximum absolute atomic E-state index is 5.99. The Labute approximate surface area is 125 Å². The van der Waals surface area contributed by atoms with Crippen molar-refractivity contribution in [1.82, 2.24) is 0 Å². The molecule has 0 saturated heterocycles. The van der Waals surface area contributed by atoms with Gasteiger partial charge in [-0.1, -0.05) is 33.6 Å². The van der Waals surface area contributed by atoms with Crippen LogP contribution in [0, 0.1) is 0 Å². The van der Waals surface area contributed by atoms with Gasteiger partial charge in [0.05, 0.1) is 0 Å². The van der Waals surface area contributed by atoms with E-state index in [2.05, 4.69) is 22.2 Å². The van der Waals surface area contributed by atoms with Crippen LogP contribution in [0.5, 0.6) is 11.5 Å². The van der Waals surface area contributed by atoms with E-state index in [9.17, 15) is 0 Å². The zero-order valence-electron chi connectivity index (χ0n) is 9.82. The molecule has 0 unspecified atom stereocenters. The molecule has 0 bridgehead atoms. The predicted molar refractivity (Wildman–Crippen MR) is 82.4 cm³/mol. The second-order valence-electron chi connectivity index (χ2n) is 3.66. The van der Waals surface area contributed by atoms with Gasteiger partial charge >= 0.3 is 0 Å². The van der Waals surface area contributed by atoms with Gasteiger partial charge in [-0.2, -0.15) is 0 Å². The highest BCUT2D eigenvalue weighted by Gasteiger charge is 2.05. The van der Waals surface area contributed by atoms with Crippen molar-refractivity contribution in [3.8, 4) is 11.5 Å². The Morgan fingerprint density at radius 2 is 1.89 bits per heavy atom. The van der Waals surface area contributed by atoms with Crippen molar-refractivity contribution in [2.75, 3.05) is 6.26 Å². The van der Waals surface area contributed by atoms with E-state index in [-0.39, 0.29) is 0 Å². The lowest BCUT2D eigenvalue weighted by atomic mass is 10.2. The summed E-state index contributed by atoms with van der Waals surface area (Å²) >= 11 is 11.1. The van der Waals surface area contributed by atoms with Crippen LogP contribution in [0.25, 0.3) is 0 Å². The van der Waals surface area contributed by atoms with Gasteiger partial charge in [0.1, 0.15) is 11.5 Å². The number of benzene rings is 2. The molecule has 0 saturated carbocycles. The van der Waals surface area contributed by atoms with Crippen molar-refractivity contribution in [1.29, 1.82) is 0 Å². The minimum atomic E-state index is 0.676. The summed E-state index contributed by atoms with van der Waals surface area (Å²) in [5.74, 6) is 1.61. The van der Waals surface area contributed by atoms with Crippen LogP contribution in [0.4, 0.5) is 0 Å². The molecule has 0 atom stereocenters. The van der Waals surface area contributed by atoms with Crippen molar-refractivity contribution in [3.05, 3.63) is 53.1 Å². The van der Waals surface area contributed by atoms with Crippen LogP contribution in [0.1, 0.15) is 5.56 Å². The smallest absolute Gasteiger partial charge is 0.132 e. The van der Waals surface area contributed by atoms with Crippen LogP contribution in [0.15, 0.2) is 47.4 Å². The normalized spacial score (nSPS) is 10.4. The van der Waals surface area contributed by atoms with E-state index in [0.29, 0.717) is 5.02 Å². The Morgan fingerprint density at radius 1 is 1.17 bits per heavy atom. The number of halogens is 2. The van der Waals surface area contributed by atoms with Crippen molar-refractivity contribution in [3.63, 3.8) is 0 Å². The van der Waals surface area contributed by atoms with Crippen LogP contribution >= 0.6 is 39.3 Å².